The molecule has 0 fully saturated rings. The first kappa shape index (κ1) is 25.0. The predicted octanol–water partition coefficient (Wildman–Crippen LogP) is 4.33. The molecule has 9 heteroatoms. The first-order valence-corrected chi connectivity index (χ1v) is 12.1. The summed E-state index contributed by atoms with van der Waals surface area (Å²) in [6.07, 6.45) is 0. The summed E-state index contributed by atoms with van der Waals surface area (Å²) in [5.74, 6) is -1.06. The van der Waals surface area contributed by atoms with Crippen molar-refractivity contribution in [2.24, 2.45) is 11.0 Å². The number of rotatable bonds is 7. The van der Waals surface area contributed by atoms with Gasteiger partial charge in [0.05, 0.1) is 11.1 Å². The van der Waals surface area contributed by atoms with Crippen molar-refractivity contribution in [1.29, 1.82) is 0 Å². The number of carbonyl (C=O) groups is 2. The molecule has 0 saturated carbocycles. The van der Waals surface area contributed by atoms with Crippen LogP contribution in [0.25, 0.3) is 10.8 Å². The van der Waals surface area contributed by atoms with Crippen molar-refractivity contribution in [1.82, 2.24) is 20.9 Å². The Labute approximate surface area is 216 Å². The van der Waals surface area contributed by atoms with Crippen LogP contribution in [0, 0.1) is 5.92 Å². The number of aromatic nitrogens is 2. The van der Waals surface area contributed by atoms with Crippen molar-refractivity contribution in [2.45, 2.75) is 19.9 Å². The third kappa shape index (κ3) is 5.58. The fourth-order valence-electron chi connectivity index (χ4n) is 3.77. The topological polar surface area (TPSA) is 116 Å². The maximum absolute atomic E-state index is 13.5. The van der Waals surface area contributed by atoms with Crippen LogP contribution in [0.5, 0.6) is 0 Å². The second-order valence-electron chi connectivity index (χ2n) is 8.39. The van der Waals surface area contributed by atoms with Gasteiger partial charge in [-0.05, 0) is 41.8 Å². The fraction of sp³-hybridized carbons (Fsp3) is 0.148. The van der Waals surface area contributed by atoms with E-state index in [1.807, 2.05) is 38.1 Å². The second kappa shape index (κ2) is 11.1. The Morgan fingerprint density at radius 1 is 0.917 bits per heavy atom. The van der Waals surface area contributed by atoms with E-state index in [-0.39, 0.29) is 11.6 Å². The first-order valence-electron chi connectivity index (χ1n) is 11.3. The highest BCUT2D eigenvalue weighted by Crippen LogP contribution is 2.21. The minimum Gasteiger partial charge on any atom is -0.335 e. The number of nitrogens with zero attached hydrogens (tertiary/aromatic N) is 2. The molecule has 8 nitrogen and oxygen atoms in total. The minimum absolute atomic E-state index is 0.00370. The van der Waals surface area contributed by atoms with Gasteiger partial charge in [0, 0.05) is 15.4 Å². The number of hydrogen-bond donors (Lipinski definition) is 3. The Hall–Kier alpha value is -4.11. The number of hydrazone groups is 1. The maximum atomic E-state index is 13.5. The Morgan fingerprint density at radius 2 is 1.58 bits per heavy atom. The molecule has 182 valence electrons. The summed E-state index contributed by atoms with van der Waals surface area (Å²) < 4.78 is 0.886. The highest BCUT2D eigenvalue weighted by molar-refractivity contribution is 9.10. The first-order chi connectivity index (χ1) is 17.3. The molecule has 1 aromatic heterocycles. The molecule has 4 rings (SSSR count). The number of H-pyrrole nitrogens is 1. The van der Waals surface area contributed by atoms with Crippen LogP contribution < -0.4 is 16.3 Å². The monoisotopic (exact) mass is 545 g/mol. The normalized spacial score (nSPS) is 12.4. The van der Waals surface area contributed by atoms with Crippen molar-refractivity contribution < 1.29 is 9.59 Å². The van der Waals surface area contributed by atoms with E-state index in [0.29, 0.717) is 22.0 Å². The summed E-state index contributed by atoms with van der Waals surface area (Å²) in [4.78, 5) is 38.8. The molecule has 36 heavy (non-hydrogen) atoms. The van der Waals surface area contributed by atoms with Gasteiger partial charge in [0.25, 0.3) is 17.4 Å². The van der Waals surface area contributed by atoms with E-state index in [1.165, 1.54) is 0 Å². The third-order valence-corrected chi connectivity index (χ3v) is 6.02. The Bertz CT molecular complexity index is 1500. The van der Waals surface area contributed by atoms with Gasteiger partial charge in [0.2, 0.25) is 0 Å². The Morgan fingerprint density at radius 3 is 2.28 bits per heavy atom. The van der Waals surface area contributed by atoms with Gasteiger partial charge in [-0.3, -0.25) is 14.4 Å². The number of amides is 2. The molecule has 1 heterocycles. The lowest BCUT2D eigenvalue weighted by molar-refractivity contribution is -0.123. The lowest BCUT2D eigenvalue weighted by Gasteiger charge is -2.19. The number of aromatic amines is 1. The van der Waals surface area contributed by atoms with Gasteiger partial charge in [-0.1, -0.05) is 78.3 Å². The number of benzene rings is 3. The van der Waals surface area contributed by atoms with Crippen molar-refractivity contribution in [3.63, 3.8) is 0 Å². The molecule has 0 spiro atoms. The molecule has 0 radical (unpaired) electrons. The number of halogens is 1. The minimum atomic E-state index is -1.22. The van der Waals surface area contributed by atoms with Crippen molar-refractivity contribution >= 4 is 44.2 Å². The van der Waals surface area contributed by atoms with E-state index in [9.17, 15) is 14.4 Å². The van der Waals surface area contributed by atoms with Gasteiger partial charge >= 0.3 is 0 Å². The zero-order chi connectivity index (χ0) is 25.7. The molecule has 0 aliphatic carbocycles. The second-order valence-corrected chi connectivity index (χ2v) is 9.31. The predicted molar refractivity (Wildman–Crippen MR) is 143 cm³/mol. The van der Waals surface area contributed by atoms with E-state index in [0.717, 1.165) is 10.0 Å². The van der Waals surface area contributed by atoms with E-state index >= 15 is 0 Å². The van der Waals surface area contributed by atoms with Gasteiger partial charge in [-0.15, -0.1) is 0 Å². The van der Waals surface area contributed by atoms with Crippen LogP contribution in [0.4, 0.5) is 0 Å². The molecular formula is C27H24BrN5O3. The number of carbonyl (C=O) groups excluding carboxylic acids is 2. The third-order valence-electron chi connectivity index (χ3n) is 5.53. The fourth-order valence-corrected chi connectivity index (χ4v) is 4.17. The molecule has 0 aliphatic heterocycles. The summed E-state index contributed by atoms with van der Waals surface area (Å²) >= 11 is 3.46. The van der Waals surface area contributed by atoms with Crippen LogP contribution in [0.3, 0.4) is 0 Å². The zero-order valence-corrected chi connectivity index (χ0v) is 21.2. The standard InChI is InChI=1S/C27H24BrN5O3/c1-16(2)22(18-11-8-12-19(28)15-18)30-33-27(36)24(29-25(34)17-9-4-3-5-10-17)23-20-13-6-7-14-21(20)26(35)32-31-23/h3-16,24H,1-2H3,(H,29,34)(H,32,35)(H,33,36). The van der Waals surface area contributed by atoms with Crippen molar-refractivity contribution in [2.75, 3.05) is 0 Å². The van der Waals surface area contributed by atoms with Gasteiger partial charge in [-0.25, -0.2) is 10.5 Å². The van der Waals surface area contributed by atoms with E-state index in [1.54, 1.807) is 54.6 Å². The van der Waals surface area contributed by atoms with Crippen LogP contribution in [-0.4, -0.2) is 27.7 Å². The number of fused-ring (bicyclic) bond motifs is 1. The summed E-state index contributed by atoms with van der Waals surface area (Å²) in [6.45, 7) is 3.94. The SMILES string of the molecule is CC(C)C(=NNC(=O)C(NC(=O)c1ccccc1)c1n[nH]c(=O)c2ccccc12)c1cccc(Br)c1. The molecule has 0 bridgehead atoms. The molecule has 0 saturated heterocycles. The molecule has 2 amide bonds. The summed E-state index contributed by atoms with van der Waals surface area (Å²) in [5.41, 5.74) is 4.30. The molecule has 1 unspecified atom stereocenters. The molecule has 3 aromatic carbocycles. The van der Waals surface area contributed by atoms with E-state index in [4.69, 9.17) is 0 Å². The molecule has 1 atom stereocenters. The average molecular weight is 546 g/mol. The van der Waals surface area contributed by atoms with Gasteiger partial charge in [0.15, 0.2) is 6.04 Å². The lowest BCUT2D eigenvalue weighted by atomic mass is 10.0. The highest BCUT2D eigenvalue weighted by Gasteiger charge is 2.28. The van der Waals surface area contributed by atoms with Gasteiger partial charge in [0.1, 0.15) is 5.69 Å². The van der Waals surface area contributed by atoms with E-state index in [2.05, 4.69) is 42.0 Å². The Kier molecular flexibility index (Phi) is 7.70. The van der Waals surface area contributed by atoms with Crippen LogP contribution in [0.2, 0.25) is 0 Å². The van der Waals surface area contributed by atoms with Crippen LogP contribution in [0.15, 0.2) is 93.2 Å². The molecule has 3 N–H and O–H groups in total. The molecular weight excluding hydrogens is 522 g/mol. The van der Waals surface area contributed by atoms with Crippen molar-refractivity contribution in [3.8, 4) is 0 Å². The summed E-state index contributed by atoms with van der Waals surface area (Å²) in [5, 5.41) is 14.5. The van der Waals surface area contributed by atoms with Crippen LogP contribution in [0.1, 0.15) is 41.5 Å². The maximum Gasteiger partial charge on any atom is 0.272 e. The summed E-state index contributed by atoms with van der Waals surface area (Å²) in [7, 11) is 0. The quantitative estimate of drug-likeness (QED) is 0.236. The highest BCUT2D eigenvalue weighted by atomic mass is 79.9. The van der Waals surface area contributed by atoms with Gasteiger partial charge < -0.3 is 5.32 Å². The van der Waals surface area contributed by atoms with Crippen LogP contribution >= 0.6 is 15.9 Å². The number of nitrogens with one attached hydrogen (secondary N) is 3. The van der Waals surface area contributed by atoms with Crippen molar-refractivity contribution in [3.05, 3.63) is 111 Å². The molecule has 0 aliphatic rings. The summed E-state index contributed by atoms with van der Waals surface area (Å²) in [6, 6.07) is 21.7. The Balaban J connectivity index is 1.74. The smallest absolute Gasteiger partial charge is 0.272 e. The lowest BCUT2D eigenvalue weighted by Crippen LogP contribution is -2.40. The van der Waals surface area contributed by atoms with Crippen LogP contribution in [-0.2, 0) is 4.79 Å². The largest absolute Gasteiger partial charge is 0.335 e. The number of hydrogen-bond acceptors (Lipinski definition) is 5. The molecule has 4 aromatic rings. The zero-order valence-electron chi connectivity index (χ0n) is 19.7. The average Bonchev–Trinajstić information content (AvgIpc) is 2.88. The van der Waals surface area contributed by atoms with Gasteiger partial charge in [-0.2, -0.15) is 10.2 Å². The van der Waals surface area contributed by atoms with E-state index < -0.39 is 23.4 Å².